The third kappa shape index (κ3) is 6.65. The van der Waals surface area contributed by atoms with Crippen molar-refractivity contribution in [1.29, 1.82) is 0 Å². The third-order valence-electron chi connectivity index (χ3n) is 7.22. The lowest BCUT2D eigenvalue weighted by molar-refractivity contribution is -0.0565. The number of H-pyrrole nitrogens is 1. The normalized spacial score (nSPS) is 28.1. The molecule has 0 bridgehead atoms. The fourth-order valence-electron chi connectivity index (χ4n) is 5.24. The molecule has 6 heterocycles. The molecule has 0 amide bonds. The molecule has 244 valence electrons. The van der Waals surface area contributed by atoms with E-state index in [0.717, 1.165) is 6.66 Å². The zero-order chi connectivity index (χ0) is 32.1. The molecule has 6 rings (SSSR count). The van der Waals surface area contributed by atoms with Crippen LogP contribution in [0.4, 0.5) is 11.8 Å². The summed E-state index contributed by atoms with van der Waals surface area (Å²) in [5.74, 6) is 0.0947. The molecule has 0 spiro atoms. The second-order valence-corrected chi connectivity index (χ2v) is 15.0. The zero-order valence-electron chi connectivity index (χ0n) is 23.8. The van der Waals surface area contributed by atoms with Gasteiger partial charge in [0.25, 0.3) is 5.56 Å². The van der Waals surface area contributed by atoms with Crippen LogP contribution in [-0.2, 0) is 44.2 Å². The van der Waals surface area contributed by atoms with Crippen molar-refractivity contribution in [2.24, 2.45) is 0 Å². The van der Waals surface area contributed by atoms with Crippen LogP contribution in [0.3, 0.4) is 0 Å². The maximum Gasteiger partial charge on any atom is 0.325 e. The first-order valence-electron chi connectivity index (χ1n) is 13.4. The number of nitrogens with two attached hydrogens (primary N) is 2. The van der Waals surface area contributed by atoms with Crippen LogP contribution < -0.4 is 17.0 Å². The van der Waals surface area contributed by atoms with Crippen LogP contribution in [0.2, 0.25) is 0 Å². The maximum atomic E-state index is 12.1. The molecule has 20 nitrogen and oxygen atoms in total. The molecule has 8 atom stereocenters. The highest BCUT2D eigenvalue weighted by Crippen LogP contribution is 2.51. The largest absolute Gasteiger partial charge is 0.382 e. The van der Waals surface area contributed by atoms with E-state index in [2.05, 4.69) is 29.9 Å². The fourth-order valence-corrected chi connectivity index (χ4v) is 7.12. The summed E-state index contributed by atoms with van der Waals surface area (Å²) in [6.45, 7) is -3.51. The van der Waals surface area contributed by atoms with Crippen molar-refractivity contribution >= 4 is 60.2 Å². The molecule has 23 heteroatoms. The van der Waals surface area contributed by atoms with Gasteiger partial charge in [-0.2, -0.15) is 4.98 Å². The highest BCUT2D eigenvalue weighted by atomic mass is 32.5. The van der Waals surface area contributed by atoms with Gasteiger partial charge in [-0.1, -0.05) is 0 Å². The highest BCUT2D eigenvalue weighted by Gasteiger charge is 2.50. The number of nitrogens with zero attached hydrogens (tertiary/aromatic N) is 7. The van der Waals surface area contributed by atoms with Gasteiger partial charge >= 0.3 is 14.3 Å². The van der Waals surface area contributed by atoms with E-state index < -0.39 is 63.4 Å². The number of anilines is 2. The van der Waals surface area contributed by atoms with E-state index in [0.29, 0.717) is 24.0 Å². The zero-order valence-corrected chi connectivity index (χ0v) is 26.4. The molecule has 45 heavy (non-hydrogen) atoms. The molecular weight excluding hydrogens is 658 g/mol. The molecule has 0 radical (unpaired) electrons. The van der Waals surface area contributed by atoms with Crippen molar-refractivity contribution < 1.29 is 42.1 Å². The Bertz CT molecular complexity index is 1860. The summed E-state index contributed by atoms with van der Waals surface area (Å²) in [6.07, 6.45) is 0.0912. The summed E-state index contributed by atoms with van der Waals surface area (Å²) in [5, 5.41) is 0. The van der Waals surface area contributed by atoms with E-state index in [1.165, 1.54) is 30.7 Å². The number of ether oxygens (including phenoxy) is 3. The first-order chi connectivity index (χ1) is 21.3. The van der Waals surface area contributed by atoms with E-state index in [4.69, 9.17) is 51.1 Å². The van der Waals surface area contributed by atoms with Gasteiger partial charge in [-0.25, -0.2) is 19.9 Å². The molecule has 4 aromatic heterocycles. The lowest BCUT2D eigenvalue weighted by atomic mass is 10.1. The minimum Gasteiger partial charge on any atom is -0.382 e. The average Bonchev–Trinajstić information content (AvgIpc) is 3.75. The summed E-state index contributed by atoms with van der Waals surface area (Å²) in [4.78, 5) is 56.1. The van der Waals surface area contributed by atoms with Crippen LogP contribution in [0.1, 0.15) is 25.3 Å². The summed E-state index contributed by atoms with van der Waals surface area (Å²) >= 11 is 5.34. The molecule has 7 N–H and O–H groups in total. The Hall–Kier alpha value is -2.94. The second kappa shape index (κ2) is 12.3. The summed E-state index contributed by atoms with van der Waals surface area (Å²) in [7, 11) is -2.53. The predicted molar refractivity (Wildman–Crippen MR) is 159 cm³/mol. The van der Waals surface area contributed by atoms with E-state index >= 15 is 0 Å². The van der Waals surface area contributed by atoms with Crippen molar-refractivity contribution in [3.05, 3.63) is 29.3 Å². The monoisotopic (exact) mass is 688 g/mol. The Balaban J connectivity index is 1.16. The number of aromatic amines is 1. The van der Waals surface area contributed by atoms with Gasteiger partial charge in [-0.15, -0.1) is 0 Å². The van der Waals surface area contributed by atoms with Crippen molar-refractivity contribution in [2.45, 2.75) is 49.7 Å². The molecule has 2 aliphatic rings. The summed E-state index contributed by atoms with van der Waals surface area (Å²) < 4.78 is 49.7. The van der Waals surface area contributed by atoms with Gasteiger partial charge in [0.1, 0.15) is 36.4 Å². The number of nitrogen functional groups attached to an aromatic ring is 2. The SMILES string of the molecule is CO[C@H]1C(OP(O)(=S)OC[C@@H]2CC[C@H](n3cnc4c(=O)[nH]c(N)nc43)O2)[C@@H](COP(C)(=O)O)O[C@H]1n1cnc2c(N)ncnc21. The van der Waals surface area contributed by atoms with Gasteiger partial charge in [0.2, 0.25) is 5.95 Å². The van der Waals surface area contributed by atoms with Gasteiger partial charge < -0.3 is 44.5 Å². The number of rotatable bonds is 11. The van der Waals surface area contributed by atoms with Crippen LogP contribution >= 0.6 is 14.3 Å². The van der Waals surface area contributed by atoms with Crippen molar-refractivity contribution in [3.8, 4) is 0 Å². The minimum absolute atomic E-state index is 0.0548. The smallest absolute Gasteiger partial charge is 0.325 e. The topological polar surface area (TPSA) is 272 Å². The first kappa shape index (κ1) is 32.0. The van der Waals surface area contributed by atoms with Crippen LogP contribution in [0.15, 0.2) is 23.8 Å². The number of nitrogens with one attached hydrogen (secondary N) is 1. The lowest BCUT2D eigenvalue weighted by Gasteiger charge is -2.27. The summed E-state index contributed by atoms with van der Waals surface area (Å²) in [5.41, 5.74) is 12.2. The molecule has 4 aromatic rings. The second-order valence-electron chi connectivity index (χ2n) is 10.3. The molecular formula is C22H30N10O10P2S. The third-order valence-corrected chi connectivity index (χ3v) is 9.41. The quantitative estimate of drug-likeness (QED) is 0.131. The van der Waals surface area contributed by atoms with Gasteiger partial charge in [-0.05, 0) is 24.6 Å². The average molecular weight is 689 g/mol. The molecule has 0 saturated carbocycles. The molecule has 0 aromatic carbocycles. The Morgan fingerprint density at radius 1 is 1.04 bits per heavy atom. The number of aromatic nitrogens is 8. The minimum atomic E-state index is -4.00. The molecule has 0 aliphatic carbocycles. The first-order valence-corrected chi connectivity index (χ1v) is 18.0. The van der Waals surface area contributed by atoms with Gasteiger partial charge in [0, 0.05) is 13.8 Å². The number of imidazole rings is 2. The number of hydrogen-bond donors (Lipinski definition) is 5. The van der Waals surface area contributed by atoms with Gasteiger partial charge in [0.05, 0.1) is 32.0 Å². The van der Waals surface area contributed by atoms with Crippen molar-refractivity contribution in [1.82, 2.24) is 39.0 Å². The highest BCUT2D eigenvalue weighted by molar-refractivity contribution is 8.07. The van der Waals surface area contributed by atoms with Crippen LogP contribution in [-0.4, -0.2) is 100 Å². The van der Waals surface area contributed by atoms with Gasteiger partial charge in [0.15, 0.2) is 28.9 Å². The molecule has 2 fully saturated rings. The lowest BCUT2D eigenvalue weighted by Crippen LogP contribution is -2.37. The van der Waals surface area contributed by atoms with Crippen molar-refractivity contribution in [3.63, 3.8) is 0 Å². The maximum absolute atomic E-state index is 12.1. The standard InChI is InChI=1S/C22H30N10O10P2S/c1-37-16-15(11(6-38-43(2,34)35)41-21(16)32-9-27-13-17(23)25-7-26-18(13)32)42-44(36,45)39-5-10-3-4-12(40-10)31-8-28-14-19(31)29-22(24)30-20(14)33/h7-12,15-16,21H,3-6H2,1-2H3,(H,34,35)(H,36,45)(H2,23,25,26)(H3,24,29,30,33)/t10-,11+,12+,15?,16-,21+,44?/m0/s1. The number of hydrogen-bond acceptors (Lipinski definition) is 16. The van der Waals surface area contributed by atoms with Crippen molar-refractivity contribution in [2.75, 3.05) is 38.5 Å². The Kier molecular flexibility index (Phi) is 8.78. The van der Waals surface area contributed by atoms with Crippen LogP contribution in [0.25, 0.3) is 22.3 Å². The predicted octanol–water partition coefficient (Wildman–Crippen LogP) is 0.164. The van der Waals surface area contributed by atoms with Gasteiger partial charge in [-0.3, -0.25) is 28.0 Å². The van der Waals surface area contributed by atoms with E-state index in [1.54, 1.807) is 4.57 Å². The molecule has 2 saturated heterocycles. The Labute approximate surface area is 258 Å². The van der Waals surface area contributed by atoms with E-state index in [9.17, 15) is 19.1 Å². The number of fused-ring (bicyclic) bond motifs is 2. The Morgan fingerprint density at radius 3 is 2.56 bits per heavy atom. The van der Waals surface area contributed by atoms with Crippen LogP contribution in [0, 0.1) is 0 Å². The van der Waals surface area contributed by atoms with Crippen LogP contribution in [0.5, 0.6) is 0 Å². The summed E-state index contributed by atoms with van der Waals surface area (Å²) in [6, 6.07) is 0. The molecule has 2 aliphatic heterocycles. The molecule has 3 unspecified atom stereocenters. The number of methoxy groups -OCH3 is 1. The van der Waals surface area contributed by atoms with E-state index in [1.807, 2.05) is 0 Å². The van der Waals surface area contributed by atoms with E-state index in [-0.39, 0.29) is 29.5 Å². The Morgan fingerprint density at radius 2 is 1.80 bits per heavy atom. The fraction of sp³-hybridized carbons (Fsp3) is 0.545.